The van der Waals surface area contributed by atoms with Crippen LogP contribution in [-0.2, 0) is 22.6 Å². The summed E-state index contributed by atoms with van der Waals surface area (Å²) in [4.78, 5) is 21.7. The second-order valence-electron chi connectivity index (χ2n) is 8.26. The zero-order valence-electron chi connectivity index (χ0n) is 18.0. The van der Waals surface area contributed by atoms with Gasteiger partial charge in [0, 0.05) is 38.1 Å². The summed E-state index contributed by atoms with van der Waals surface area (Å²) in [5.74, 6) is 0.720. The third-order valence-electron chi connectivity index (χ3n) is 6.03. The molecule has 1 amide bonds. The summed E-state index contributed by atoms with van der Waals surface area (Å²) >= 11 is 0. The maximum atomic E-state index is 13.3. The minimum Gasteiger partial charge on any atom is -0.379 e. The summed E-state index contributed by atoms with van der Waals surface area (Å²) in [7, 11) is 0. The molecule has 2 aromatic heterocycles. The molecule has 0 bridgehead atoms. The Kier molecular flexibility index (Phi) is 6.17. The number of rotatable bonds is 8. The Hall–Kier alpha value is -3.17. The lowest BCUT2D eigenvalue weighted by Crippen LogP contribution is -2.41. The Morgan fingerprint density at radius 2 is 1.84 bits per heavy atom. The molecule has 0 spiro atoms. The number of carbonyl (C=O) groups excluding carboxylic acids is 1. The molecule has 3 aromatic rings. The first kappa shape index (κ1) is 20.7. The molecule has 2 aliphatic rings. The Bertz CT molecular complexity index is 1020. The zero-order chi connectivity index (χ0) is 21.8. The van der Waals surface area contributed by atoms with Gasteiger partial charge in [-0.15, -0.1) is 5.10 Å². The average molecular weight is 434 g/mol. The number of amides is 1. The van der Waals surface area contributed by atoms with Gasteiger partial charge in [-0.2, -0.15) is 0 Å². The Labute approximate surface area is 187 Å². The second kappa shape index (κ2) is 9.54. The summed E-state index contributed by atoms with van der Waals surface area (Å²) in [5, 5.41) is 12.5. The van der Waals surface area contributed by atoms with Gasteiger partial charge >= 0.3 is 0 Å². The first-order valence-corrected chi connectivity index (χ1v) is 11.1. The van der Waals surface area contributed by atoms with Crippen LogP contribution < -0.4 is 0 Å². The highest BCUT2D eigenvalue weighted by atomic mass is 16.5. The predicted molar refractivity (Wildman–Crippen MR) is 116 cm³/mol. The fraction of sp³-hybridized carbons (Fsp3) is 0.435. The molecular weight excluding hydrogens is 406 g/mol. The van der Waals surface area contributed by atoms with Crippen molar-refractivity contribution < 1.29 is 9.53 Å². The number of morpholine rings is 1. The maximum absolute atomic E-state index is 13.3. The van der Waals surface area contributed by atoms with E-state index >= 15 is 0 Å². The van der Waals surface area contributed by atoms with Gasteiger partial charge in [-0.05, 0) is 46.5 Å². The van der Waals surface area contributed by atoms with Gasteiger partial charge in [0.05, 0.1) is 19.3 Å². The molecule has 1 aliphatic carbocycles. The van der Waals surface area contributed by atoms with E-state index in [1.807, 2.05) is 35.2 Å². The zero-order valence-corrected chi connectivity index (χ0v) is 18.0. The number of hydrogen-bond donors (Lipinski definition) is 0. The highest BCUT2D eigenvalue weighted by molar-refractivity contribution is 5.76. The van der Waals surface area contributed by atoms with Crippen LogP contribution in [0.4, 0.5) is 0 Å². The van der Waals surface area contributed by atoms with Gasteiger partial charge in [-0.1, -0.05) is 30.3 Å². The highest BCUT2D eigenvalue weighted by Gasteiger charge is 2.34. The van der Waals surface area contributed by atoms with Crippen molar-refractivity contribution in [1.82, 2.24) is 35.0 Å². The number of benzene rings is 1. The molecule has 166 valence electrons. The van der Waals surface area contributed by atoms with Crippen LogP contribution in [-0.4, -0.2) is 73.2 Å². The van der Waals surface area contributed by atoms with Crippen LogP contribution in [0.15, 0.2) is 54.9 Å². The number of aromatic nitrogens is 5. The van der Waals surface area contributed by atoms with Crippen molar-refractivity contribution >= 4 is 5.91 Å². The highest BCUT2D eigenvalue weighted by Crippen LogP contribution is 2.30. The van der Waals surface area contributed by atoms with E-state index in [0.717, 1.165) is 37.1 Å². The van der Waals surface area contributed by atoms with E-state index in [1.165, 1.54) is 0 Å². The van der Waals surface area contributed by atoms with Crippen LogP contribution >= 0.6 is 0 Å². The fourth-order valence-electron chi connectivity index (χ4n) is 4.23. The number of hydrogen-bond acceptors (Lipinski definition) is 7. The van der Waals surface area contributed by atoms with Crippen LogP contribution in [0.25, 0.3) is 0 Å². The second-order valence-corrected chi connectivity index (χ2v) is 8.26. The van der Waals surface area contributed by atoms with Gasteiger partial charge in [0.25, 0.3) is 0 Å². The van der Waals surface area contributed by atoms with Crippen LogP contribution in [0.3, 0.4) is 0 Å². The quantitative estimate of drug-likeness (QED) is 0.534. The van der Waals surface area contributed by atoms with Crippen molar-refractivity contribution in [2.75, 3.05) is 26.3 Å². The molecule has 32 heavy (non-hydrogen) atoms. The molecule has 5 rings (SSSR count). The number of ether oxygens (including phenoxy) is 1. The molecule has 1 unspecified atom stereocenters. The standard InChI is InChI=1S/C23H27N7O2/c31-21(29(20-6-7-20)16-18-8-10-24-11-9-18)17-30-23(25-26-27-30)22(19-4-2-1-3-5-19)28-12-14-32-15-13-28/h1-5,8-11,20,22H,6-7,12-17H2. The molecule has 1 saturated carbocycles. The third kappa shape index (κ3) is 4.68. The van der Waals surface area contributed by atoms with Crippen molar-refractivity contribution in [3.05, 3.63) is 71.8 Å². The van der Waals surface area contributed by atoms with E-state index in [2.05, 4.69) is 37.5 Å². The summed E-state index contributed by atoms with van der Waals surface area (Å²) in [5.41, 5.74) is 2.18. The normalized spacial score (nSPS) is 17.8. The van der Waals surface area contributed by atoms with Gasteiger partial charge < -0.3 is 9.64 Å². The van der Waals surface area contributed by atoms with Crippen LogP contribution in [0.1, 0.15) is 35.8 Å². The summed E-state index contributed by atoms with van der Waals surface area (Å²) < 4.78 is 7.22. The SMILES string of the molecule is O=C(Cn1nnnc1C(c1ccccc1)N1CCOCC1)N(Cc1ccncc1)C1CC1. The monoisotopic (exact) mass is 433 g/mol. The molecule has 3 heterocycles. The van der Waals surface area contributed by atoms with E-state index < -0.39 is 0 Å². The summed E-state index contributed by atoms with van der Waals surface area (Å²) in [6.07, 6.45) is 5.60. The third-order valence-corrected chi connectivity index (χ3v) is 6.03. The Morgan fingerprint density at radius 1 is 1.09 bits per heavy atom. The predicted octanol–water partition coefficient (Wildman–Crippen LogP) is 1.68. The van der Waals surface area contributed by atoms with Gasteiger partial charge in [-0.25, -0.2) is 4.68 Å². The van der Waals surface area contributed by atoms with Gasteiger partial charge in [-0.3, -0.25) is 14.7 Å². The van der Waals surface area contributed by atoms with Crippen molar-refractivity contribution in [2.24, 2.45) is 0 Å². The Morgan fingerprint density at radius 3 is 2.56 bits per heavy atom. The number of tetrazole rings is 1. The summed E-state index contributed by atoms with van der Waals surface area (Å²) in [6.45, 7) is 3.62. The van der Waals surface area contributed by atoms with Gasteiger partial charge in [0.1, 0.15) is 6.54 Å². The molecule has 1 aliphatic heterocycles. The number of nitrogens with zero attached hydrogens (tertiary/aromatic N) is 7. The number of pyridine rings is 1. The van der Waals surface area contributed by atoms with E-state index in [-0.39, 0.29) is 18.5 Å². The van der Waals surface area contributed by atoms with E-state index in [9.17, 15) is 4.79 Å². The lowest BCUT2D eigenvalue weighted by Gasteiger charge is -2.34. The van der Waals surface area contributed by atoms with Crippen molar-refractivity contribution in [3.63, 3.8) is 0 Å². The van der Waals surface area contributed by atoms with Crippen molar-refractivity contribution in [3.8, 4) is 0 Å². The van der Waals surface area contributed by atoms with E-state index in [4.69, 9.17) is 4.74 Å². The lowest BCUT2D eigenvalue weighted by molar-refractivity contribution is -0.133. The minimum absolute atomic E-state index is 0.0339. The lowest BCUT2D eigenvalue weighted by atomic mass is 10.0. The molecule has 0 radical (unpaired) electrons. The van der Waals surface area contributed by atoms with Crippen LogP contribution in [0.5, 0.6) is 0 Å². The largest absolute Gasteiger partial charge is 0.379 e. The molecule has 9 nitrogen and oxygen atoms in total. The van der Waals surface area contributed by atoms with Gasteiger partial charge in [0.2, 0.25) is 5.91 Å². The first-order chi connectivity index (χ1) is 15.8. The molecule has 1 aromatic carbocycles. The molecule has 1 atom stereocenters. The van der Waals surface area contributed by atoms with Crippen molar-refractivity contribution in [1.29, 1.82) is 0 Å². The van der Waals surface area contributed by atoms with Crippen molar-refractivity contribution in [2.45, 2.75) is 38.0 Å². The molecule has 9 heteroatoms. The van der Waals surface area contributed by atoms with Crippen LogP contribution in [0.2, 0.25) is 0 Å². The molecule has 1 saturated heterocycles. The van der Waals surface area contributed by atoms with E-state index in [0.29, 0.717) is 31.6 Å². The molecular formula is C23H27N7O2. The minimum atomic E-state index is -0.127. The molecule has 2 fully saturated rings. The fourth-order valence-corrected chi connectivity index (χ4v) is 4.23. The summed E-state index contributed by atoms with van der Waals surface area (Å²) in [6, 6.07) is 14.3. The topological polar surface area (TPSA) is 89.3 Å². The smallest absolute Gasteiger partial charge is 0.245 e. The van der Waals surface area contributed by atoms with Crippen LogP contribution in [0, 0.1) is 0 Å². The Balaban J connectivity index is 1.39. The number of carbonyl (C=O) groups is 1. The average Bonchev–Trinajstić information content (AvgIpc) is 3.59. The van der Waals surface area contributed by atoms with E-state index in [1.54, 1.807) is 17.1 Å². The maximum Gasteiger partial charge on any atom is 0.245 e. The first-order valence-electron chi connectivity index (χ1n) is 11.1. The van der Waals surface area contributed by atoms with Gasteiger partial charge in [0.15, 0.2) is 5.82 Å². The molecule has 0 N–H and O–H groups in total.